The lowest BCUT2D eigenvalue weighted by Gasteiger charge is -2.34. The minimum Gasteiger partial charge on any atom is -0.291 e. The van der Waals surface area contributed by atoms with Gasteiger partial charge in [-0.3, -0.25) is 14.5 Å². The van der Waals surface area contributed by atoms with Crippen LogP contribution in [-0.4, -0.2) is 40.8 Å². The summed E-state index contributed by atoms with van der Waals surface area (Å²) in [6, 6.07) is 12.6. The first-order chi connectivity index (χ1) is 14.5. The van der Waals surface area contributed by atoms with Crippen LogP contribution in [0.1, 0.15) is 30.2 Å². The Morgan fingerprint density at radius 2 is 1.70 bits per heavy atom. The number of carbonyl (C=O) groups is 2. The Morgan fingerprint density at radius 1 is 1.00 bits per heavy atom. The van der Waals surface area contributed by atoms with Crippen molar-refractivity contribution in [2.75, 3.05) is 18.0 Å². The quantitative estimate of drug-likeness (QED) is 0.510. The number of imide groups is 1. The second-order valence-corrected chi connectivity index (χ2v) is 9.68. The summed E-state index contributed by atoms with van der Waals surface area (Å²) in [6.07, 6.45) is 2.05. The van der Waals surface area contributed by atoms with Crippen molar-refractivity contribution in [3.63, 3.8) is 0 Å². The molecule has 8 heteroatoms. The standard InChI is InChI=1S/C22H19Cl2N3O2S/c23-14-9-15(24)11-16(10-14)27-20(28)12-18(22(27)29)26-7-5-13(6-8-26)21-25-17-3-1-2-4-19(17)30-21/h1-4,9-11,13,18H,5-8,12H2. The van der Waals surface area contributed by atoms with Crippen LogP contribution in [0, 0.1) is 0 Å². The van der Waals surface area contributed by atoms with Gasteiger partial charge in [-0.1, -0.05) is 35.3 Å². The molecule has 2 amide bonds. The maximum Gasteiger partial charge on any atom is 0.251 e. The number of aromatic nitrogens is 1. The van der Waals surface area contributed by atoms with Gasteiger partial charge in [0, 0.05) is 16.0 Å². The summed E-state index contributed by atoms with van der Waals surface area (Å²) in [4.78, 5) is 33.9. The number of piperidine rings is 1. The molecule has 154 valence electrons. The first-order valence-corrected chi connectivity index (χ1v) is 11.5. The minimum absolute atomic E-state index is 0.189. The summed E-state index contributed by atoms with van der Waals surface area (Å²) in [5.41, 5.74) is 1.49. The number of amides is 2. The van der Waals surface area contributed by atoms with E-state index in [-0.39, 0.29) is 18.2 Å². The third-order valence-corrected chi connectivity index (χ3v) is 7.49. The van der Waals surface area contributed by atoms with Gasteiger partial charge in [0.05, 0.1) is 33.4 Å². The van der Waals surface area contributed by atoms with E-state index in [2.05, 4.69) is 11.0 Å². The summed E-state index contributed by atoms with van der Waals surface area (Å²) in [5.74, 6) is -0.0119. The van der Waals surface area contributed by atoms with Crippen molar-refractivity contribution < 1.29 is 9.59 Å². The van der Waals surface area contributed by atoms with Crippen LogP contribution in [0.4, 0.5) is 5.69 Å². The van der Waals surface area contributed by atoms with Crippen LogP contribution in [0.3, 0.4) is 0 Å². The molecule has 0 N–H and O–H groups in total. The molecule has 2 aliphatic rings. The Balaban J connectivity index is 1.29. The van der Waals surface area contributed by atoms with Gasteiger partial charge in [0.1, 0.15) is 0 Å². The SMILES string of the molecule is O=C1CC(N2CCC(c3nc4ccccc4s3)CC2)C(=O)N1c1cc(Cl)cc(Cl)c1. The second kappa shape index (κ2) is 7.93. The minimum atomic E-state index is -0.424. The van der Waals surface area contributed by atoms with E-state index >= 15 is 0 Å². The Morgan fingerprint density at radius 3 is 2.40 bits per heavy atom. The van der Waals surface area contributed by atoms with Gasteiger partial charge in [0.2, 0.25) is 5.91 Å². The third-order valence-electron chi connectivity index (χ3n) is 5.86. The van der Waals surface area contributed by atoms with Crippen LogP contribution in [0.25, 0.3) is 10.2 Å². The first kappa shape index (κ1) is 19.9. The number of rotatable bonds is 3. The Bertz CT molecular complexity index is 1090. The predicted molar refractivity (Wildman–Crippen MR) is 121 cm³/mol. The number of anilines is 1. The van der Waals surface area contributed by atoms with Gasteiger partial charge in [0.25, 0.3) is 5.91 Å². The number of likely N-dealkylation sites (tertiary alicyclic amines) is 1. The molecule has 2 saturated heterocycles. The van der Waals surface area contributed by atoms with Gasteiger partial charge in [-0.15, -0.1) is 11.3 Å². The number of hydrogen-bond acceptors (Lipinski definition) is 5. The van der Waals surface area contributed by atoms with E-state index in [9.17, 15) is 9.59 Å². The maximum atomic E-state index is 13.1. The van der Waals surface area contributed by atoms with Gasteiger partial charge in [0.15, 0.2) is 0 Å². The normalized spacial score (nSPS) is 21.1. The fourth-order valence-corrected chi connectivity index (χ4v) is 6.01. The molecule has 5 nitrogen and oxygen atoms in total. The fraction of sp³-hybridized carbons (Fsp3) is 0.318. The summed E-state index contributed by atoms with van der Waals surface area (Å²) in [5, 5.41) is 1.97. The number of fused-ring (bicyclic) bond motifs is 1. The highest BCUT2D eigenvalue weighted by Gasteiger charge is 2.43. The lowest BCUT2D eigenvalue weighted by atomic mass is 9.96. The Kier molecular flexibility index (Phi) is 5.27. The molecule has 1 aromatic heterocycles. The van der Waals surface area contributed by atoms with E-state index in [0.29, 0.717) is 21.7 Å². The van der Waals surface area contributed by atoms with Crippen molar-refractivity contribution in [1.29, 1.82) is 0 Å². The van der Waals surface area contributed by atoms with Gasteiger partial charge >= 0.3 is 0 Å². The van der Waals surface area contributed by atoms with Crippen LogP contribution < -0.4 is 4.90 Å². The number of carbonyl (C=O) groups excluding carboxylic acids is 2. The summed E-state index contributed by atoms with van der Waals surface area (Å²) in [6.45, 7) is 1.54. The van der Waals surface area contributed by atoms with Gasteiger partial charge in [-0.25, -0.2) is 9.88 Å². The molecule has 0 aliphatic carbocycles. The Hall–Kier alpha value is -1.99. The lowest BCUT2D eigenvalue weighted by molar-refractivity contribution is -0.123. The van der Waals surface area contributed by atoms with Gasteiger partial charge in [-0.2, -0.15) is 0 Å². The number of para-hydroxylation sites is 1. The average molecular weight is 460 g/mol. The molecule has 0 radical (unpaired) electrons. The molecule has 0 spiro atoms. The number of halogens is 2. The third kappa shape index (κ3) is 3.62. The van der Waals surface area contributed by atoms with E-state index in [1.54, 1.807) is 29.5 Å². The zero-order valence-corrected chi connectivity index (χ0v) is 18.4. The predicted octanol–water partition coefficient (Wildman–Crippen LogP) is 5.11. The summed E-state index contributed by atoms with van der Waals surface area (Å²) < 4.78 is 1.21. The molecule has 1 unspecified atom stereocenters. The van der Waals surface area contributed by atoms with E-state index in [1.165, 1.54) is 14.6 Å². The number of thiazole rings is 1. The van der Waals surface area contributed by atoms with E-state index in [1.807, 2.05) is 18.2 Å². The average Bonchev–Trinajstić information content (AvgIpc) is 3.28. The molecule has 5 rings (SSSR count). The zero-order chi connectivity index (χ0) is 20.8. The van der Waals surface area contributed by atoms with Crippen LogP contribution in [0.2, 0.25) is 10.0 Å². The smallest absolute Gasteiger partial charge is 0.251 e. The highest BCUT2D eigenvalue weighted by molar-refractivity contribution is 7.18. The van der Waals surface area contributed by atoms with Crippen molar-refractivity contribution in [3.05, 3.63) is 57.5 Å². The largest absolute Gasteiger partial charge is 0.291 e. The number of nitrogens with zero attached hydrogens (tertiary/aromatic N) is 3. The molecule has 2 aliphatic heterocycles. The molecule has 2 aromatic carbocycles. The molecule has 1 atom stereocenters. The molecule has 3 aromatic rings. The molecular weight excluding hydrogens is 441 g/mol. The van der Waals surface area contributed by atoms with Crippen LogP contribution in [-0.2, 0) is 9.59 Å². The molecule has 30 heavy (non-hydrogen) atoms. The van der Waals surface area contributed by atoms with E-state index in [0.717, 1.165) is 31.4 Å². The Labute approximate surface area is 188 Å². The van der Waals surface area contributed by atoms with Crippen molar-refractivity contribution >= 4 is 62.3 Å². The highest BCUT2D eigenvalue weighted by atomic mass is 35.5. The maximum absolute atomic E-state index is 13.1. The van der Waals surface area contributed by atoms with Gasteiger partial charge < -0.3 is 0 Å². The first-order valence-electron chi connectivity index (χ1n) is 9.92. The molecule has 2 fully saturated rings. The van der Waals surface area contributed by atoms with Crippen molar-refractivity contribution in [3.8, 4) is 0 Å². The van der Waals surface area contributed by atoms with Crippen molar-refractivity contribution in [2.24, 2.45) is 0 Å². The lowest BCUT2D eigenvalue weighted by Crippen LogP contribution is -2.45. The molecule has 0 saturated carbocycles. The molecular formula is C22H19Cl2N3O2S. The van der Waals surface area contributed by atoms with Crippen LogP contribution in [0.5, 0.6) is 0 Å². The number of benzene rings is 2. The second-order valence-electron chi connectivity index (χ2n) is 7.75. The zero-order valence-electron chi connectivity index (χ0n) is 16.1. The molecule has 0 bridgehead atoms. The number of hydrogen-bond donors (Lipinski definition) is 0. The van der Waals surface area contributed by atoms with E-state index in [4.69, 9.17) is 28.2 Å². The monoisotopic (exact) mass is 459 g/mol. The van der Waals surface area contributed by atoms with E-state index < -0.39 is 6.04 Å². The van der Waals surface area contributed by atoms with Gasteiger partial charge in [-0.05, 0) is 56.3 Å². The highest BCUT2D eigenvalue weighted by Crippen LogP contribution is 2.36. The summed E-state index contributed by atoms with van der Waals surface area (Å²) in [7, 11) is 0. The van der Waals surface area contributed by atoms with Crippen LogP contribution in [0.15, 0.2) is 42.5 Å². The molecule has 3 heterocycles. The van der Waals surface area contributed by atoms with Crippen molar-refractivity contribution in [2.45, 2.75) is 31.2 Å². The summed E-state index contributed by atoms with van der Waals surface area (Å²) >= 11 is 13.9. The topological polar surface area (TPSA) is 53.5 Å². The fourth-order valence-electron chi connectivity index (χ4n) is 4.36. The van der Waals surface area contributed by atoms with Crippen molar-refractivity contribution in [1.82, 2.24) is 9.88 Å². The van der Waals surface area contributed by atoms with Crippen LogP contribution >= 0.6 is 34.5 Å².